The van der Waals surface area contributed by atoms with Crippen LogP contribution in [0.2, 0.25) is 0 Å². The zero-order chi connectivity index (χ0) is 23.0. The smallest absolute Gasteiger partial charge is 0.183 e. The van der Waals surface area contributed by atoms with Gasteiger partial charge in [-0.15, -0.1) is 0 Å². The van der Waals surface area contributed by atoms with E-state index in [1.807, 2.05) is 33.8 Å². The number of benzene rings is 1. The second kappa shape index (κ2) is 11.9. The predicted molar refractivity (Wildman–Crippen MR) is 133 cm³/mol. The van der Waals surface area contributed by atoms with E-state index in [1.165, 1.54) is 10.4 Å². The van der Waals surface area contributed by atoms with Crippen LogP contribution in [-0.2, 0) is 21.8 Å². The van der Waals surface area contributed by atoms with Crippen molar-refractivity contribution in [1.82, 2.24) is 14.6 Å². The first kappa shape index (κ1) is 24.9. The summed E-state index contributed by atoms with van der Waals surface area (Å²) >= 11 is 3.41. The molecule has 0 aliphatic carbocycles. The van der Waals surface area contributed by atoms with Crippen LogP contribution < -0.4 is 10.6 Å². The lowest BCUT2D eigenvalue weighted by molar-refractivity contribution is -0.126. The van der Waals surface area contributed by atoms with Gasteiger partial charge < -0.3 is 29.5 Å². The first-order chi connectivity index (χ1) is 15.4. The van der Waals surface area contributed by atoms with E-state index in [-0.39, 0.29) is 12.9 Å². The summed E-state index contributed by atoms with van der Waals surface area (Å²) in [4.78, 5) is 6.02. The summed E-state index contributed by atoms with van der Waals surface area (Å²) < 4.78 is 13.5. The SMILES string of the molecule is CCOC(CNc1nc2c(s1)CN(SCc1ccccc1)C=C2NC(C)(C)CO)OCC. The Bertz CT molecular complexity index is 867. The summed E-state index contributed by atoms with van der Waals surface area (Å²) in [5.41, 5.74) is 2.68. The Morgan fingerprint density at radius 1 is 1.22 bits per heavy atom. The van der Waals surface area contributed by atoms with Gasteiger partial charge in [0.15, 0.2) is 11.4 Å². The third-order valence-corrected chi connectivity index (χ3v) is 6.78. The van der Waals surface area contributed by atoms with Crippen LogP contribution in [0, 0.1) is 0 Å². The summed E-state index contributed by atoms with van der Waals surface area (Å²) in [7, 11) is 0. The van der Waals surface area contributed by atoms with Crippen LogP contribution in [0.4, 0.5) is 5.13 Å². The lowest BCUT2D eigenvalue weighted by atomic mass is 10.1. The molecule has 2 aromatic rings. The molecule has 0 bridgehead atoms. The number of hydrogen-bond donors (Lipinski definition) is 3. The van der Waals surface area contributed by atoms with Gasteiger partial charge in [-0.3, -0.25) is 0 Å². The zero-order valence-electron chi connectivity index (χ0n) is 19.3. The van der Waals surface area contributed by atoms with Crippen molar-refractivity contribution in [2.24, 2.45) is 0 Å². The van der Waals surface area contributed by atoms with Crippen LogP contribution in [-0.4, -0.2) is 52.6 Å². The highest BCUT2D eigenvalue weighted by Gasteiger charge is 2.27. The van der Waals surface area contributed by atoms with Crippen LogP contribution in [0.1, 0.15) is 43.8 Å². The van der Waals surface area contributed by atoms with E-state index in [2.05, 4.69) is 45.4 Å². The van der Waals surface area contributed by atoms with Gasteiger partial charge in [0.2, 0.25) is 0 Å². The minimum absolute atomic E-state index is 0.0243. The van der Waals surface area contributed by atoms with E-state index in [4.69, 9.17) is 14.5 Å². The van der Waals surface area contributed by atoms with E-state index in [9.17, 15) is 5.11 Å². The quantitative estimate of drug-likeness (QED) is 0.291. The summed E-state index contributed by atoms with van der Waals surface area (Å²) in [6.45, 7) is 10.4. The standard InChI is InChI=1S/C23H34N4O3S2/c1-5-29-20(30-6-2)12-24-22-25-21-18(26-23(3,4)16-28)13-27(14-19(21)32-22)31-15-17-10-8-7-9-11-17/h7-11,13,20,26,28H,5-6,12,14-16H2,1-4H3,(H,24,25). The number of thiazole rings is 1. The van der Waals surface area contributed by atoms with Gasteiger partial charge in [-0.05, 0) is 45.2 Å². The van der Waals surface area contributed by atoms with Gasteiger partial charge in [0.25, 0.3) is 0 Å². The molecule has 9 heteroatoms. The molecule has 7 nitrogen and oxygen atoms in total. The van der Waals surface area contributed by atoms with Crippen molar-refractivity contribution >= 4 is 34.1 Å². The highest BCUT2D eigenvalue weighted by molar-refractivity contribution is 7.96. The van der Waals surface area contributed by atoms with E-state index in [0.29, 0.717) is 19.8 Å². The first-order valence-electron chi connectivity index (χ1n) is 11.0. The predicted octanol–water partition coefficient (Wildman–Crippen LogP) is 4.28. The lowest BCUT2D eigenvalue weighted by Gasteiger charge is -2.31. The number of aromatic nitrogens is 1. The third kappa shape index (κ3) is 7.11. The van der Waals surface area contributed by atoms with E-state index in [1.54, 1.807) is 23.3 Å². The maximum atomic E-state index is 9.78. The molecule has 3 N–H and O–H groups in total. The molecule has 32 heavy (non-hydrogen) atoms. The molecule has 0 spiro atoms. The van der Waals surface area contributed by atoms with Crippen LogP contribution >= 0.6 is 23.3 Å². The van der Waals surface area contributed by atoms with Gasteiger partial charge in [-0.25, -0.2) is 4.98 Å². The highest BCUT2D eigenvalue weighted by Crippen LogP contribution is 2.36. The van der Waals surface area contributed by atoms with Crippen molar-refractivity contribution in [1.29, 1.82) is 0 Å². The third-order valence-electron chi connectivity index (χ3n) is 4.76. The molecule has 1 aromatic heterocycles. The number of hydrogen-bond acceptors (Lipinski definition) is 9. The van der Waals surface area contributed by atoms with Crippen LogP contribution in [0.3, 0.4) is 0 Å². The Morgan fingerprint density at radius 3 is 2.59 bits per heavy atom. The van der Waals surface area contributed by atoms with Crippen LogP contribution in [0.25, 0.3) is 5.70 Å². The van der Waals surface area contributed by atoms with Gasteiger partial charge >= 0.3 is 0 Å². The molecule has 0 amide bonds. The van der Waals surface area contributed by atoms with Crippen LogP contribution in [0.5, 0.6) is 0 Å². The molecule has 1 aliphatic rings. The number of nitrogens with one attached hydrogen (secondary N) is 2. The summed E-state index contributed by atoms with van der Waals surface area (Å²) in [5, 5.41) is 17.5. The Balaban J connectivity index is 1.74. The van der Waals surface area contributed by atoms with Gasteiger partial charge in [0.05, 0.1) is 35.8 Å². The Hall–Kier alpha value is -1.78. The number of anilines is 1. The fraction of sp³-hybridized carbons (Fsp3) is 0.522. The molecule has 0 atom stereocenters. The number of fused-ring (bicyclic) bond motifs is 1. The average molecular weight is 479 g/mol. The van der Waals surface area contributed by atoms with Crippen molar-refractivity contribution in [3.63, 3.8) is 0 Å². The Kier molecular flexibility index (Phi) is 9.24. The fourth-order valence-corrected chi connectivity index (χ4v) is 5.13. The maximum Gasteiger partial charge on any atom is 0.183 e. The van der Waals surface area contributed by atoms with Crippen LogP contribution in [0.15, 0.2) is 36.5 Å². The summed E-state index contributed by atoms with van der Waals surface area (Å²) in [6, 6.07) is 10.4. The number of aliphatic hydroxyl groups is 1. The molecular formula is C23H34N4O3S2. The normalized spacial score (nSPS) is 13.8. The average Bonchev–Trinajstić information content (AvgIpc) is 3.20. The largest absolute Gasteiger partial charge is 0.394 e. The van der Waals surface area contributed by atoms with Gasteiger partial charge in [0, 0.05) is 25.2 Å². The fourth-order valence-electron chi connectivity index (χ4n) is 3.16. The lowest BCUT2D eigenvalue weighted by Crippen LogP contribution is -2.42. The Morgan fingerprint density at radius 2 is 1.94 bits per heavy atom. The minimum atomic E-state index is -0.456. The number of ether oxygens (including phenoxy) is 2. The second-order valence-corrected chi connectivity index (χ2v) is 10.2. The summed E-state index contributed by atoms with van der Waals surface area (Å²) in [6.07, 6.45) is 1.80. The maximum absolute atomic E-state index is 9.78. The monoisotopic (exact) mass is 478 g/mol. The van der Waals surface area contributed by atoms with E-state index in [0.717, 1.165) is 28.8 Å². The van der Waals surface area contributed by atoms with E-state index < -0.39 is 5.54 Å². The number of rotatable bonds is 13. The molecule has 1 aliphatic heterocycles. The molecule has 2 heterocycles. The molecule has 0 saturated carbocycles. The van der Waals surface area contributed by atoms with Crippen molar-refractivity contribution in [2.75, 3.05) is 31.7 Å². The minimum Gasteiger partial charge on any atom is -0.394 e. The summed E-state index contributed by atoms with van der Waals surface area (Å²) in [5.74, 6) is 0.887. The van der Waals surface area contributed by atoms with Crippen molar-refractivity contribution < 1.29 is 14.6 Å². The Labute approximate surface area is 199 Å². The molecule has 0 unspecified atom stereocenters. The molecule has 0 radical (unpaired) electrons. The second-order valence-electron chi connectivity index (χ2n) is 8.06. The zero-order valence-corrected chi connectivity index (χ0v) is 20.9. The van der Waals surface area contributed by atoms with Gasteiger partial charge in [-0.1, -0.05) is 41.7 Å². The highest BCUT2D eigenvalue weighted by atomic mass is 32.2. The molecule has 0 saturated heterocycles. The van der Waals surface area contributed by atoms with Crippen molar-refractivity contribution in [3.05, 3.63) is 52.7 Å². The van der Waals surface area contributed by atoms with Crippen molar-refractivity contribution in [2.45, 2.75) is 51.8 Å². The molecule has 3 rings (SSSR count). The molecule has 176 valence electrons. The molecular weight excluding hydrogens is 444 g/mol. The first-order valence-corrected chi connectivity index (χ1v) is 12.7. The van der Waals surface area contributed by atoms with E-state index >= 15 is 0 Å². The topological polar surface area (TPSA) is 78.9 Å². The van der Waals surface area contributed by atoms with Gasteiger partial charge in [0.1, 0.15) is 5.69 Å². The van der Waals surface area contributed by atoms with Gasteiger partial charge in [-0.2, -0.15) is 0 Å². The molecule has 0 fully saturated rings. The number of nitrogens with zero attached hydrogens (tertiary/aromatic N) is 2. The van der Waals surface area contributed by atoms with Crippen molar-refractivity contribution in [3.8, 4) is 0 Å². The molecule has 1 aromatic carbocycles. The number of aliphatic hydroxyl groups excluding tert-OH is 1.